The molecule has 0 saturated carbocycles. The maximum Gasteiger partial charge on any atom is 0.294 e. The third-order valence-electron chi connectivity index (χ3n) is 3.86. The highest BCUT2D eigenvalue weighted by atomic mass is 32.2. The SMILES string of the molecule is CCCC(=O)c1cc(Oc2ccc(S(=O)(=O)O)cc2)cc(C(=O)CCC)c1. The van der Waals surface area contributed by atoms with E-state index in [0.717, 1.165) is 0 Å². The van der Waals surface area contributed by atoms with Crippen LogP contribution in [0.25, 0.3) is 0 Å². The topological polar surface area (TPSA) is 97.7 Å². The van der Waals surface area contributed by atoms with Gasteiger partial charge in [-0.15, -0.1) is 0 Å². The number of rotatable bonds is 9. The number of ether oxygens (including phenoxy) is 1. The number of ketones is 2. The Hall–Kier alpha value is -2.51. The number of carbonyl (C=O) groups excluding carboxylic acids is 2. The predicted molar refractivity (Wildman–Crippen MR) is 101 cm³/mol. The first kappa shape index (κ1) is 20.8. The highest BCUT2D eigenvalue weighted by Gasteiger charge is 2.14. The second kappa shape index (κ2) is 8.92. The Kier molecular flexibility index (Phi) is 6.87. The first-order valence-electron chi connectivity index (χ1n) is 8.71. The van der Waals surface area contributed by atoms with E-state index in [0.29, 0.717) is 48.3 Å². The summed E-state index contributed by atoms with van der Waals surface area (Å²) in [7, 11) is -4.29. The van der Waals surface area contributed by atoms with E-state index in [1.165, 1.54) is 24.3 Å². The van der Waals surface area contributed by atoms with Crippen LogP contribution in [0.5, 0.6) is 11.5 Å². The average Bonchev–Trinajstić information content (AvgIpc) is 2.61. The normalized spacial score (nSPS) is 11.2. The molecule has 0 amide bonds. The molecule has 0 atom stereocenters. The van der Waals surface area contributed by atoms with Gasteiger partial charge in [0, 0.05) is 24.0 Å². The molecule has 27 heavy (non-hydrogen) atoms. The third-order valence-corrected chi connectivity index (χ3v) is 4.73. The lowest BCUT2D eigenvalue weighted by Crippen LogP contribution is -2.04. The van der Waals surface area contributed by atoms with Crippen LogP contribution < -0.4 is 4.74 Å². The summed E-state index contributed by atoms with van der Waals surface area (Å²) in [5.41, 5.74) is 0.812. The van der Waals surface area contributed by atoms with Crippen molar-refractivity contribution in [2.75, 3.05) is 0 Å². The Bertz CT molecular complexity index is 893. The first-order valence-corrected chi connectivity index (χ1v) is 10.2. The van der Waals surface area contributed by atoms with Crippen molar-refractivity contribution in [2.24, 2.45) is 0 Å². The first-order chi connectivity index (χ1) is 12.7. The largest absolute Gasteiger partial charge is 0.457 e. The summed E-state index contributed by atoms with van der Waals surface area (Å²) in [4.78, 5) is 24.3. The van der Waals surface area contributed by atoms with E-state index in [4.69, 9.17) is 9.29 Å². The van der Waals surface area contributed by atoms with Crippen LogP contribution in [0.2, 0.25) is 0 Å². The smallest absolute Gasteiger partial charge is 0.294 e. The summed E-state index contributed by atoms with van der Waals surface area (Å²) in [5, 5.41) is 0. The van der Waals surface area contributed by atoms with Gasteiger partial charge >= 0.3 is 0 Å². The van der Waals surface area contributed by atoms with Crippen LogP contribution in [0.4, 0.5) is 0 Å². The molecule has 2 aromatic carbocycles. The zero-order valence-electron chi connectivity index (χ0n) is 15.3. The highest BCUT2D eigenvalue weighted by molar-refractivity contribution is 7.85. The predicted octanol–water partition coefficient (Wildman–Crippen LogP) is 4.69. The van der Waals surface area contributed by atoms with E-state index in [1.807, 2.05) is 13.8 Å². The molecule has 0 unspecified atom stereocenters. The summed E-state index contributed by atoms with van der Waals surface area (Å²) in [5.74, 6) is 0.484. The molecule has 6 nitrogen and oxygen atoms in total. The molecule has 1 N–H and O–H groups in total. The molecule has 2 aromatic rings. The average molecular weight is 390 g/mol. The molecule has 144 valence electrons. The van der Waals surface area contributed by atoms with Gasteiger partial charge in [-0.05, 0) is 55.3 Å². The molecule has 0 aliphatic heterocycles. The lowest BCUT2D eigenvalue weighted by atomic mass is 10.00. The number of benzene rings is 2. The lowest BCUT2D eigenvalue weighted by molar-refractivity contribution is 0.0981. The fourth-order valence-electron chi connectivity index (χ4n) is 2.54. The second-order valence-corrected chi connectivity index (χ2v) is 7.56. The zero-order chi connectivity index (χ0) is 20.0. The Morgan fingerprint density at radius 1 is 0.852 bits per heavy atom. The molecule has 0 aliphatic rings. The van der Waals surface area contributed by atoms with Crippen molar-refractivity contribution in [3.8, 4) is 11.5 Å². The van der Waals surface area contributed by atoms with Gasteiger partial charge in [0.25, 0.3) is 10.1 Å². The minimum absolute atomic E-state index is 0.0739. The van der Waals surface area contributed by atoms with Crippen LogP contribution in [-0.2, 0) is 10.1 Å². The molecular weight excluding hydrogens is 368 g/mol. The van der Waals surface area contributed by atoms with Gasteiger partial charge < -0.3 is 4.74 Å². The maximum atomic E-state index is 12.3. The molecule has 0 spiro atoms. The standard InChI is InChI=1S/C20H22O6S/c1-3-5-19(21)14-11-15(20(22)6-4-2)13-17(12-14)26-16-7-9-18(10-8-16)27(23,24)25/h7-13H,3-6H2,1-2H3,(H,23,24,25). The van der Waals surface area contributed by atoms with Gasteiger partial charge in [-0.25, -0.2) is 0 Å². The van der Waals surface area contributed by atoms with Gasteiger partial charge in [-0.2, -0.15) is 8.42 Å². The summed E-state index contributed by atoms with van der Waals surface area (Å²) in [6.07, 6.45) is 2.13. The quantitative estimate of drug-likeness (QED) is 0.493. The molecule has 0 heterocycles. The fourth-order valence-corrected chi connectivity index (χ4v) is 3.02. The number of hydrogen-bond acceptors (Lipinski definition) is 5. The van der Waals surface area contributed by atoms with Gasteiger partial charge in [-0.3, -0.25) is 14.1 Å². The molecule has 0 aromatic heterocycles. The summed E-state index contributed by atoms with van der Waals surface area (Å²) >= 11 is 0. The Balaban J connectivity index is 2.36. The Morgan fingerprint density at radius 2 is 1.33 bits per heavy atom. The summed E-state index contributed by atoms with van der Waals surface area (Å²) in [6.45, 7) is 3.80. The highest BCUT2D eigenvalue weighted by Crippen LogP contribution is 2.26. The van der Waals surface area contributed by atoms with Crippen LogP contribution in [0.15, 0.2) is 47.4 Å². The van der Waals surface area contributed by atoms with Crippen molar-refractivity contribution >= 4 is 21.7 Å². The molecule has 7 heteroatoms. The zero-order valence-corrected chi connectivity index (χ0v) is 16.1. The van der Waals surface area contributed by atoms with Crippen LogP contribution >= 0.6 is 0 Å². The van der Waals surface area contributed by atoms with Gasteiger partial charge in [0.15, 0.2) is 11.6 Å². The molecule has 0 aliphatic carbocycles. The molecular formula is C20H22O6S. The van der Waals surface area contributed by atoms with Crippen molar-refractivity contribution in [3.05, 3.63) is 53.6 Å². The summed E-state index contributed by atoms with van der Waals surface area (Å²) < 4.78 is 36.9. The molecule has 0 bridgehead atoms. The monoisotopic (exact) mass is 390 g/mol. The number of Topliss-reactive ketones (excluding diaryl/α,β-unsaturated/α-hetero) is 2. The third kappa shape index (κ3) is 5.74. The number of carbonyl (C=O) groups is 2. The van der Waals surface area contributed by atoms with Crippen LogP contribution in [-0.4, -0.2) is 24.5 Å². The minimum Gasteiger partial charge on any atom is -0.457 e. The van der Waals surface area contributed by atoms with E-state index >= 15 is 0 Å². The molecule has 0 radical (unpaired) electrons. The number of hydrogen-bond donors (Lipinski definition) is 1. The van der Waals surface area contributed by atoms with Crippen molar-refractivity contribution in [1.82, 2.24) is 0 Å². The van der Waals surface area contributed by atoms with Gasteiger partial charge in [0.1, 0.15) is 11.5 Å². The van der Waals surface area contributed by atoms with Crippen LogP contribution in [0.3, 0.4) is 0 Å². The van der Waals surface area contributed by atoms with E-state index < -0.39 is 10.1 Å². The Labute approximate surface area is 158 Å². The molecule has 0 fully saturated rings. The molecule has 0 saturated heterocycles. The van der Waals surface area contributed by atoms with E-state index in [9.17, 15) is 18.0 Å². The van der Waals surface area contributed by atoms with Crippen molar-refractivity contribution in [2.45, 2.75) is 44.4 Å². The van der Waals surface area contributed by atoms with Crippen molar-refractivity contribution < 1.29 is 27.3 Å². The Morgan fingerprint density at radius 3 is 1.74 bits per heavy atom. The van der Waals surface area contributed by atoms with Gasteiger partial charge in [0.05, 0.1) is 4.90 Å². The van der Waals surface area contributed by atoms with E-state index in [-0.39, 0.29) is 16.5 Å². The van der Waals surface area contributed by atoms with E-state index in [2.05, 4.69) is 0 Å². The van der Waals surface area contributed by atoms with Gasteiger partial charge in [-0.1, -0.05) is 13.8 Å². The van der Waals surface area contributed by atoms with Crippen molar-refractivity contribution in [1.29, 1.82) is 0 Å². The van der Waals surface area contributed by atoms with Crippen LogP contribution in [0.1, 0.15) is 60.2 Å². The van der Waals surface area contributed by atoms with E-state index in [1.54, 1.807) is 18.2 Å². The minimum atomic E-state index is -4.29. The second-order valence-electron chi connectivity index (χ2n) is 6.14. The molecule has 2 rings (SSSR count). The van der Waals surface area contributed by atoms with Gasteiger partial charge in [0.2, 0.25) is 0 Å². The summed E-state index contributed by atoms with van der Waals surface area (Å²) in [6, 6.07) is 9.91. The van der Waals surface area contributed by atoms with Crippen LogP contribution in [0, 0.1) is 0 Å². The van der Waals surface area contributed by atoms with Crippen molar-refractivity contribution in [3.63, 3.8) is 0 Å². The fraction of sp³-hybridized carbons (Fsp3) is 0.300. The lowest BCUT2D eigenvalue weighted by Gasteiger charge is -2.11. The maximum absolute atomic E-state index is 12.3.